The zero-order valence-electron chi connectivity index (χ0n) is 7.84. The Kier molecular flexibility index (Phi) is 34.5. The molecule has 0 atom stereocenters. The Hall–Kier alpha value is -2.40. The van der Waals surface area contributed by atoms with Crippen LogP contribution in [0.2, 0.25) is 0 Å². The molecule has 3 N–H and O–H groups in total. The van der Waals surface area contributed by atoms with E-state index < -0.39 is 15.3 Å². The van der Waals surface area contributed by atoms with Crippen molar-refractivity contribution in [1.29, 1.82) is 0 Å². The second-order valence-corrected chi connectivity index (χ2v) is 1.42. The Morgan fingerprint density at radius 3 is 0.800 bits per heavy atom. The average Bonchev–Trinajstić information content (AvgIpc) is 1.81. The Morgan fingerprint density at radius 1 is 0.800 bits per heavy atom. The van der Waals surface area contributed by atoms with Crippen molar-refractivity contribution in [2.75, 3.05) is 0 Å². The third-order valence-corrected chi connectivity index (χ3v) is 0. The molecule has 0 saturated carbocycles. The summed E-state index contributed by atoms with van der Waals surface area (Å²) in [5.74, 6) is 0. The van der Waals surface area contributed by atoms with Crippen LogP contribution in [0.25, 0.3) is 0 Å². The van der Waals surface area contributed by atoms with Gasteiger partial charge < -0.3 is 15.6 Å². The lowest BCUT2D eigenvalue weighted by Gasteiger charge is -1.56. The summed E-state index contributed by atoms with van der Waals surface area (Å²) in [7, 11) is 0. The number of hydrogen-bond acceptors (Lipinski definition) is 6. The van der Waals surface area contributed by atoms with E-state index in [1.807, 2.05) is 0 Å². The molecule has 0 spiro atoms. The van der Waals surface area contributed by atoms with Crippen molar-refractivity contribution in [1.82, 2.24) is 0 Å². The normalized spacial score (nSPS) is 6.00. The summed E-state index contributed by atoms with van der Waals surface area (Å²) in [6.45, 7) is 4.25. The summed E-state index contributed by atoms with van der Waals surface area (Å²) in [6.07, 6.45) is 1.25. The Labute approximate surface area is 82.7 Å². The predicted octanol–water partition coefficient (Wildman–Crippen LogP) is 0.373. The molecule has 0 aliphatic rings. The highest BCUT2D eigenvalue weighted by Crippen LogP contribution is 1.56. The molecule has 0 fully saturated rings. The van der Waals surface area contributed by atoms with E-state index in [1.54, 1.807) is 0 Å². The molecule has 15 heavy (non-hydrogen) atoms. The SMILES string of the molecule is CCC.O=[N+]([O-])O.O=[N+]([O-])O.O=[N+]([O-])O. The molecule has 0 rings (SSSR count). The third kappa shape index (κ3) is 186. The molecule has 0 heterocycles. The minimum Gasteiger partial charge on any atom is -0.328 e. The van der Waals surface area contributed by atoms with Crippen LogP contribution in [0.15, 0.2) is 0 Å². The fourth-order valence-corrected chi connectivity index (χ4v) is 0. The van der Waals surface area contributed by atoms with Crippen LogP contribution in [0.4, 0.5) is 0 Å². The molecule has 12 nitrogen and oxygen atoms in total. The molecule has 0 aromatic rings. The Morgan fingerprint density at radius 2 is 0.800 bits per heavy atom. The molecule has 0 aromatic carbocycles. The number of rotatable bonds is 0. The lowest BCUT2D eigenvalue weighted by atomic mass is 10.6. The highest BCUT2D eigenvalue weighted by atomic mass is 16.9. The van der Waals surface area contributed by atoms with Crippen molar-refractivity contribution < 1.29 is 30.9 Å². The zero-order chi connectivity index (χ0) is 13.4. The van der Waals surface area contributed by atoms with Crippen LogP contribution in [0.1, 0.15) is 20.3 Å². The van der Waals surface area contributed by atoms with E-state index in [-0.39, 0.29) is 0 Å². The maximum atomic E-state index is 8.36. The molecule has 12 heteroatoms. The molecule has 0 aliphatic carbocycles. The van der Waals surface area contributed by atoms with Crippen LogP contribution in [-0.2, 0) is 0 Å². The summed E-state index contributed by atoms with van der Waals surface area (Å²) in [4.78, 5) is 25.1. The summed E-state index contributed by atoms with van der Waals surface area (Å²) < 4.78 is 0. The minimum atomic E-state index is -1.50. The van der Waals surface area contributed by atoms with E-state index in [1.165, 1.54) is 6.42 Å². The first-order valence-electron chi connectivity index (χ1n) is 3.11. The van der Waals surface area contributed by atoms with Gasteiger partial charge in [-0.15, -0.1) is 30.3 Å². The van der Waals surface area contributed by atoms with Crippen molar-refractivity contribution >= 4 is 0 Å². The topological polar surface area (TPSA) is 190 Å². The van der Waals surface area contributed by atoms with Gasteiger partial charge in [0.25, 0.3) is 15.3 Å². The fourth-order valence-electron chi connectivity index (χ4n) is 0. The van der Waals surface area contributed by atoms with Gasteiger partial charge in [-0.05, 0) is 0 Å². The molecular weight excluding hydrogens is 222 g/mol. The monoisotopic (exact) mass is 233 g/mol. The van der Waals surface area contributed by atoms with Crippen molar-refractivity contribution in [3.63, 3.8) is 0 Å². The average molecular weight is 233 g/mol. The predicted molar refractivity (Wildman–Crippen MR) is 42.3 cm³/mol. The molecule has 0 bridgehead atoms. The molecule has 0 amide bonds. The van der Waals surface area contributed by atoms with Gasteiger partial charge in [0.1, 0.15) is 0 Å². The summed E-state index contributed by atoms with van der Waals surface area (Å²) in [5, 5.41) is 40.9. The first kappa shape index (κ1) is 22.9. The zero-order valence-corrected chi connectivity index (χ0v) is 7.84. The largest absolute Gasteiger partial charge is 0.328 e. The molecule has 0 aliphatic heterocycles. The first-order valence-corrected chi connectivity index (χ1v) is 3.11. The second-order valence-electron chi connectivity index (χ2n) is 1.42. The number of nitrogens with zero attached hydrogens (tertiary/aromatic N) is 3. The van der Waals surface area contributed by atoms with Crippen LogP contribution in [-0.4, -0.2) is 30.9 Å². The first-order chi connectivity index (χ1) is 6.61. The molecule has 0 saturated heterocycles. The van der Waals surface area contributed by atoms with Crippen LogP contribution >= 0.6 is 0 Å². The summed E-state index contributed by atoms with van der Waals surface area (Å²) in [5.41, 5.74) is 0. The fraction of sp³-hybridized carbons (Fsp3) is 1.00. The standard InChI is InChI=1S/C3H8.3HNO3/c1-3-2;3*2-1(3)4/h3H2,1-2H3;3*(H,2,3,4). The van der Waals surface area contributed by atoms with Crippen LogP contribution in [0.3, 0.4) is 0 Å². The van der Waals surface area contributed by atoms with E-state index in [4.69, 9.17) is 46.0 Å². The smallest absolute Gasteiger partial charge is 0.291 e. The maximum Gasteiger partial charge on any atom is 0.291 e. The van der Waals surface area contributed by atoms with E-state index >= 15 is 0 Å². The summed E-state index contributed by atoms with van der Waals surface area (Å²) >= 11 is 0. The van der Waals surface area contributed by atoms with Crippen molar-refractivity contribution in [2.24, 2.45) is 0 Å². The van der Waals surface area contributed by atoms with Gasteiger partial charge in [0.05, 0.1) is 0 Å². The molecule has 0 unspecified atom stereocenters. The van der Waals surface area contributed by atoms with Gasteiger partial charge in [-0.3, -0.25) is 0 Å². The van der Waals surface area contributed by atoms with E-state index in [0.29, 0.717) is 0 Å². The van der Waals surface area contributed by atoms with Crippen molar-refractivity contribution in [2.45, 2.75) is 20.3 Å². The van der Waals surface area contributed by atoms with Gasteiger partial charge in [-0.25, -0.2) is 0 Å². The lowest BCUT2D eigenvalue weighted by molar-refractivity contribution is -0.742. The van der Waals surface area contributed by atoms with Crippen LogP contribution in [0, 0.1) is 30.3 Å². The highest BCUT2D eigenvalue weighted by molar-refractivity contribution is 3.92. The van der Waals surface area contributed by atoms with E-state index in [2.05, 4.69) is 13.8 Å². The third-order valence-electron chi connectivity index (χ3n) is 0. The van der Waals surface area contributed by atoms with Crippen molar-refractivity contribution in [3.8, 4) is 0 Å². The van der Waals surface area contributed by atoms with Gasteiger partial charge in [0, 0.05) is 0 Å². The van der Waals surface area contributed by atoms with Gasteiger partial charge in [-0.1, -0.05) is 20.3 Å². The molecule has 92 valence electrons. The molecular formula is C3H11N3O9. The molecule has 0 aromatic heterocycles. The Bertz CT molecular complexity index is 129. The van der Waals surface area contributed by atoms with E-state index in [9.17, 15) is 0 Å². The van der Waals surface area contributed by atoms with Crippen molar-refractivity contribution in [3.05, 3.63) is 30.3 Å². The van der Waals surface area contributed by atoms with E-state index in [0.717, 1.165) is 0 Å². The number of hydrogen-bond donors (Lipinski definition) is 3. The quantitative estimate of drug-likeness (QED) is 0.391. The molecule has 0 radical (unpaired) electrons. The highest BCUT2D eigenvalue weighted by Gasteiger charge is 1.66. The van der Waals surface area contributed by atoms with Gasteiger partial charge in [0.2, 0.25) is 0 Å². The van der Waals surface area contributed by atoms with Crippen LogP contribution < -0.4 is 0 Å². The minimum absolute atomic E-state index is 1.25. The van der Waals surface area contributed by atoms with Gasteiger partial charge in [-0.2, -0.15) is 0 Å². The summed E-state index contributed by atoms with van der Waals surface area (Å²) in [6, 6.07) is 0. The second kappa shape index (κ2) is 22.6. The van der Waals surface area contributed by atoms with Crippen LogP contribution in [0.5, 0.6) is 0 Å². The Balaban J connectivity index is -0.0000000542. The van der Waals surface area contributed by atoms with Gasteiger partial charge in [0.15, 0.2) is 0 Å². The lowest BCUT2D eigenvalue weighted by Crippen LogP contribution is -1.81. The maximum absolute atomic E-state index is 8.36. The van der Waals surface area contributed by atoms with Gasteiger partial charge >= 0.3 is 0 Å².